The number of carbonyl (C=O) groups excluding carboxylic acids is 1. The lowest BCUT2D eigenvalue weighted by molar-refractivity contribution is -0.117. The summed E-state index contributed by atoms with van der Waals surface area (Å²) in [6, 6.07) is 4.15. The first kappa shape index (κ1) is 27.6. The van der Waals surface area contributed by atoms with Gasteiger partial charge in [-0.15, -0.1) is 0 Å². The lowest BCUT2D eigenvalue weighted by Gasteiger charge is -2.31. The van der Waals surface area contributed by atoms with E-state index in [1.54, 1.807) is 6.07 Å². The van der Waals surface area contributed by atoms with Gasteiger partial charge in [0.1, 0.15) is 29.9 Å². The van der Waals surface area contributed by atoms with Crippen LogP contribution in [0.1, 0.15) is 38.5 Å². The quantitative estimate of drug-likeness (QED) is 0.295. The second-order valence-corrected chi connectivity index (χ2v) is 12.8. The number of alkyl halides is 1. The predicted molar refractivity (Wildman–Crippen MR) is 157 cm³/mol. The summed E-state index contributed by atoms with van der Waals surface area (Å²) in [4.78, 5) is 29.9. The van der Waals surface area contributed by atoms with Gasteiger partial charge in [0.15, 0.2) is 16.7 Å². The Balaban J connectivity index is 1.38. The molecule has 5 heterocycles. The maximum atomic E-state index is 16.6. The number of anilines is 2. The molecular weight excluding hydrogens is 589 g/mol. The molecule has 0 radical (unpaired) electrons. The molecule has 3 fully saturated rings. The molecule has 2 aromatic heterocycles. The third-order valence-corrected chi connectivity index (χ3v) is 9.85. The van der Waals surface area contributed by atoms with Crippen LogP contribution in [0, 0.1) is 11.6 Å². The summed E-state index contributed by atoms with van der Waals surface area (Å²) in [6.07, 6.45) is 3.14. The molecule has 3 saturated heterocycles. The zero-order valence-corrected chi connectivity index (χ0v) is 24.2. The first-order chi connectivity index (χ1) is 20.2. The number of halogens is 4. The Morgan fingerprint density at radius 3 is 2.86 bits per heavy atom. The van der Waals surface area contributed by atoms with Gasteiger partial charge in [0.25, 0.3) is 0 Å². The highest BCUT2D eigenvalue weighted by Crippen LogP contribution is 2.44. The van der Waals surface area contributed by atoms with E-state index in [9.17, 15) is 13.6 Å². The Bertz CT molecular complexity index is 1740. The Morgan fingerprint density at radius 1 is 1.14 bits per heavy atom. The number of hydrogen-bond donors (Lipinski definition) is 1. The molecule has 2 aromatic carbocycles. The lowest BCUT2D eigenvalue weighted by Crippen LogP contribution is -2.43. The van der Waals surface area contributed by atoms with Gasteiger partial charge in [-0.25, -0.2) is 18.2 Å². The SMILES string of the molecule is Nc1nc2c(-c3c(Cl)cc4c(N5CCCCC(=O)C5)nc(OC[C@@]56CCCN5C[C@H](F)C6)nc4c3F)ccc(F)c2s1. The third kappa shape index (κ3) is 4.64. The van der Waals surface area contributed by atoms with Crippen LogP contribution in [0.2, 0.25) is 5.02 Å². The standard InChI is InChI=1S/C29H28ClF3N6O2S/c30-19-10-18-23(22(33)21(19)17-5-6-20(32)25-24(17)35-27(34)42-25)36-28(37-26(18)38-8-2-1-4-16(40)13-38)41-14-29-7-3-9-39(29)12-15(31)11-29/h5-6,10,15H,1-4,7-9,11-14H2,(H2,34,35)/t15-,29+/m1/s1. The molecule has 4 aromatic rings. The van der Waals surface area contributed by atoms with Crippen molar-refractivity contribution in [3.63, 3.8) is 0 Å². The van der Waals surface area contributed by atoms with Crippen molar-refractivity contribution in [2.45, 2.75) is 50.2 Å². The molecule has 0 saturated carbocycles. The fraction of sp³-hybridized carbons (Fsp3) is 0.448. The maximum Gasteiger partial charge on any atom is 0.319 e. The Morgan fingerprint density at radius 2 is 2.00 bits per heavy atom. The molecule has 220 valence electrons. The number of rotatable bonds is 5. The van der Waals surface area contributed by atoms with Crippen LogP contribution >= 0.6 is 22.9 Å². The minimum absolute atomic E-state index is 0.00126. The van der Waals surface area contributed by atoms with Crippen LogP contribution in [0.5, 0.6) is 6.01 Å². The second-order valence-electron chi connectivity index (χ2n) is 11.4. The van der Waals surface area contributed by atoms with Crippen molar-refractivity contribution in [2.75, 3.05) is 43.4 Å². The largest absolute Gasteiger partial charge is 0.461 e. The third-order valence-electron chi connectivity index (χ3n) is 8.65. The number of thiazole rings is 1. The Hall–Kier alpha value is -3.22. The Kier molecular flexibility index (Phi) is 6.90. The van der Waals surface area contributed by atoms with E-state index < -0.39 is 23.3 Å². The smallest absolute Gasteiger partial charge is 0.319 e. The van der Waals surface area contributed by atoms with E-state index in [1.165, 1.54) is 12.1 Å². The van der Waals surface area contributed by atoms with Crippen molar-refractivity contribution < 1.29 is 22.7 Å². The number of fused-ring (bicyclic) bond motifs is 3. The normalized spacial score (nSPS) is 23.2. The van der Waals surface area contributed by atoms with Gasteiger partial charge in [0.05, 0.1) is 27.3 Å². The van der Waals surface area contributed by atoms with E-state index in [1.807, 2.05) is 4.90 Å². The van der Waals surface area contributed by atoms with Crippen molar-refractivity contribution >= 4 is 60.8 Å². The van der Waals surface area contributed by atoms with E-state index in [2.05, 4.69) is 19.9 Å². The zero-order valence-electron chi connectivity index (χ0n) is 22.6. The van der Waals surface area contributed by atoms with E-state index in [0.717, 1.165) is 43.6 Å². The molecule has 8 nitrogen and oxygen atoms in total. The average molecular weight is 617 g/mol. The summed E-state index contributed by atoms with van der Waals surface area (Å²) in [5.74, 6) is -0.873. The molecule has 2 N–H and O–H groups in total. The van der Waals surface area contributed by atoms with Crippen LogP contribution in [-0.2, 0) is 4.79 Å². The van der Waals surface area contributed by atoms with Gasteiger partial charge >= 0.3 is 6.01 Å². The van der Waals surface area contributed by atoms with Crippen molar-refractivity contribution in [3.8, 4) is 17.1 Å². The first-order valence-electron chi connectivity index (χ1n) is 14.1. The number of ketones is 1. The van der Waals surface area contributed by atoms with Crippen LogP contribution in [0.3, 0.4) is 0 Å². The summed E-state index contributed by atoms with van der Waals surface area (Å²) in [7, 11) is 0. The molecular formula is C29H28ClF3N6O2S. The Labute approximate surface area is 248 Å². The molecule has 0 amide bonds. The highest BCUT2D eigenvalue weighted by molar-refractivity contribution is 7.22. The first-order valence-corrected chi connectivity index (χ1v) is 15.2. The summed E-state index contributed by atoms with van der Waals surface area (Å²) in [6.45, 7) is 1.98. The number of carbonyl (C=O) groups is 1. The number of benzene rings is 2. The summed E-state index contributed by atoms with van der Waals surface area (Å²) in [5.41, 5.74) is 5.83. The number of Topliss-reactive ketones (excluding diaryl/α,β-unsaturated/α-hetero) is 1. The van der Waals surface area contributed by atoms with Gasteiger partial charge in [-0.05, 0) is 50.4 Å². The summed E-state index contributed by atoms with van der Waals surface area (Å²) in [5, 5.41) is 0.520. The van der Waals surface area contributed by atoms with E-state index in [-0.39, 0.29) is 62.0 Å². The van der Waals surface area contributed by atoms with Gasteiger partial charge in [-0.3, -0.25) is 9.69 Å². The molecule has 0 unspecified atom stereocenters. The van der Waals surface area contributed by atoms with Crippen molar-refractivity contribution in [2.24, 2.45) is 0 Å². The average Bonchev–Trinajstić information content (AvgIpc) is 3.56. The van der Waals surface area contributed by atoms with Crippen LogP contribution in [-0.4, -0.2) is 70.1 Å². The van der Waals surface area contributed by atoms with Crippen molar-refractivity contribution in [3.05, 3.63) is 34.9 Å². The fourth-order valence-corrected chi connectivity index (χ4v) is 7.79. The molecule has 0 aliphatic carbocycles. The van der Waals surface area contributed by atoms with Crippen LogP contribution < -0.4 is 15.4 Å². The topological polar surface area (TPSA) is 97.5 Å². The molecule has 7 rings (SSSR count). The van der Waals surface area contributed by atoms with Crippen molar-refractivity contribution in [1.29, 1.82) is 0 Å². The summed E-state index contributed by atoms with van der Waals surface area (Å²) >= 11 is 7.69. The van der Waals surface area contributed by atoms with Gasteiger partial charge in [-0.2, -0.15) is 9.97 Å². The molecule has 3 aliphatic rings. The molecule has 3 aliphatic heterocycles. The number of nitrogens with zero attached hydrogens (tertiary/aromatic N) is 5. The molecule has 0 bridgehead atoms. The summed E-state index contributed by atoms with van der Waals surface area (Å²) < 4.78 is 51.9. The maximum absolute atomic E-state index is 16.6. The molecule has 13 heteroatoms. The van der Waals surface area contributed by atoms with Crippen LogP contribution in [0.25, 0.3) is 32.2 Å². The number of aromatic nitrogens is 3. The van der Waals surface area contributed by atoms with E-state index in [0.29, 0.717) is 37.1 Å². The minimum atomic E-state index is -0.931. The van der Waals surface area contributed by atoms with Crippen molar-refractivity contribution in [1.82, 2.24) is 19.9 Å². The number of nitrogens with two attached hydrogens (primary N) is 1. The number of nitrogen functional groups attached to an aromatic ring is 1. The van der Waals surface area contributed by atoms with Crippen LogP contribution in [0.15, 0.2) is 18.2 Å². The highest BCUT2D eigenvalue weighted by atomic mass is 35.5. The van der Waals surface area contributed by atoms with Crippen LogP contribution in [0.4, 0.5) is 24.1 Å². The van der Waals surface area contributed by atoms with Gasteiger partial charge in [0.2, 0.25) is 0 Å². The monoisotopic (exact) mass is 616 g/mol. The zero-order chi connectivity index (χ0) is 29.2. The number of ether oxygens (including phenoxy) is 1. The van der Waals surface area contributed by atoms with E-state index in [4.69, 9.17) is 22.1 Å². The van der Waals surface area contributed by atoms with Gasteiger partial charge in [-0.1, -0.05) is 22.9 Å². The second kappa shape index (κ2) is 10.5. The van der Waals surface area contributed by atoms with Gasteiger partial charge < -0.3 is 15.4 Å². The minimum Gasteiger partial charge on any atom is -0.461 e. The van der Waals surface area contributed by atoms with E-state index >= 15 is 4.39 Å². The highest BCUT2D eigenvalue weighted by Gasteiger charge is 2.49. The fourth-order valence-electron chi connectivity index (χ4n) is 6.73. The molecule has 42 heavy (non-hydrogen) atoms. The molecule has 2 atom stereocenters. The molecule has 0 spiro atoms. The predicted octanol–water partition coefficient (Wildman–Crippen LogP) is 5.93. The lowest BCUT2D eigenvalue weighted by atomic mass is 9.95. The van der Waals surface area contributed by atoms with Gasteiger partial charge in [0, 0.05) is 42.4 Å². The number of hydrogen-bond acceptors (Lipinski definition) is 9.